The Balaban J connectivity index is 1.53. The number of likely N-dealkylation sites (tertiary alicyclic amines) is 1. The van der Waals surface area contributed by atoms with Crippen LogP contribution >= 0.6 is 0 Å². The van der Waals surface area contributed by atoms with Crippen LogP contribution in [0.2, 0.25) is 0 Å². The Labute approximate surface area is 305 Å². The fraction of sp³-hybridized carbons (Fsp3) is 0.857. The second-order valence-electron chi connectivity index (χ2n) is 15.7. The van der Waals surface area contributed by atoms with Crippen LogP contribution in [0.25, 0.3) is 0 Å². The van der Waals surface area contributed by atoms with Gasteiger partial charge in [-0.1, -0.05) is 65.2 Å². The lowest BCUT2D eigenvalue weighted by Crippen LogP contribution is -2.64. The number of sulfonamides is 1. The van der Waals surface area contributed by atoms with Gasteiger partial charge >= 0.3 is 12.2 Å². The van der Waals surface area contributed by atoms with Crippen LogP contribution in [0.1, 0.15) is 123 Å². The van der Waals surface area contributed by atoms with E-state index < -0.39 is 87.1 Å². The van der Waals surface area contributed by atoms with Crippen molar-refractivity contribution in [2.45, 2.75) is 159 Å². The number of amides is 5. The van der Waals surface area contributed by atoms with Crippen LogP contribution in [0.4, 0.5) is 18.0 Å². The van der Waals surface area contributed by atoms with Crippen LogP contribution in [0.5, 0.6) is 0 Å². The number of unbranched alkanes of at least 4 members (excludes halogenated alkanes) is 1. The van der Waals surface area contributed by atoms with Crippen molar-refractivity contribution in [1.29, 1.82) is 0 Å². The molecule has 1 heterocycles. The Bertz CT molecular complexity index is 1410. The molecule has 52 heavy (non-hydrogen) atoms. The highest BCUT2D eigenvalue weighted by Gasteiger charge is 2.48. The number of alkyl halides is 3. The normalized spacial score (nSPS) is 23.0. The number of ketones is 1. The van der Waals surface area contributed by atoms with Crippen molar-refractivity contribution in [2.24, 2.45) is 5.41 Å². The van der Waals surface area contributed by atoms with E-state index in [1.807, 2.05) is 13.8 Å². The number of hydrogen-bond acceptors (Lipinski definition) is 7. The van der Waals surface area contributed by atoms with Crippen LogP contribution < -0.4 is 21.3 Å². The lowest BCUT2D eigenvalue weighted by molar-refractivity contribution is -0.144. The predicted octanol–water partition coefficient (Wildman–Crippen LogP) is 3.67. The monoisotopic (exact) mass is 762 g/mol. The first-order valence-electron chi connectivity index (χ1n) is 18.9. The Kier molecular flexibility index (Phi) is 14.0. The number of halogens is 3. The minimum absolute atomic E-state index is 0.0298. The smallest absolute Gasteiger partial charge is 0.347 e. The van der Waals surface area contributed by atoms with Gasteiger partial charge in [-0.25, -0.2) is 13.2 Å². The first-order valence-corrected chi connectivity index (χ1v) is 20.5. The van der Waals surface area contributed by atoms with E-state index in [9.17, 15) is 45.6 Å². The van der Waals surface area contributed by atoms with Gasteiger partial charge in [0.2, 0.25) is 27.6 Å². The maximum atomic E-state index is 14.5. The molecule has 4 aliphatic rings. The molecular weight excluding hydrogens is 705 g/mol. The molecule has 0 aromatic rings. The van der Waals surface area contributed by atoms with Gasteiger partial charge in [-0.05, 0) is 63.2 Å². The average Bonchev–Trinajstić information content (AvgIpc) is 3.74. The molecule has 17 heteroatoms. The standard InChI is InChI=1S/C35H57F3N6O7S/c1-4-5-13-25(27(45)30(47)39-24-15-16-24)40-29(46)26-14-12-21-44(26)31(48)28(33(2)17-8-6-9-18-33)41-32(49)42-34(19-10-7-11-20-34)23-52(50,51)43(3)22-35(36,37)38/h24-26,28H,4-23H2,1-3H3,(H,39,47)(H,40,46)(H2,41,42,49)/t25-,26-,28+/m0/s1. The Morgan fingerprint density at radius 2 is 1.52 bits per heavy atom. The number of urea groups is 1. The number of carbonyl (C=O) groups is 5. The quantitative estimate of drug-likeness (QED) is 0.174. The van der Waals surface area contributed by atoms with Gasteiger partial charge < -0.3 is 26.2 Å². The molecule has 0 bridgehead atoms. The number of carbonyl (C=O) groups excluding carboxylic acids is 5. The lowest BCUT2D eigenvalue weighted by Gasteiger charge is -2.43. The van der Waals surface area contributed by atoms with Crippen LogP contribution in [-0.4, -0.2) is 109 Å². The average molecular weight is 763 g/mol. The van der Waals surface area contributed by atoms with Crippen molar-refractivity contribution in [3.63, 3.8) is 0 Å². The van der Waals surface area contributed by atoms with Gasteiger partial charge in [0.1, 0.15) is 18.6 Å². The summed E-state index contributed by atoms with van der Waals surface area (Å²) in [6.45, 7) is 2.42. The van der Waals surface area contributed by atoms with Crippen molar-refractivity contribution in [2.75, 3.05) is 25.9 Å². The third-order valence-corrected chi connectivity index (χ3v) is 13.2. The third kappa shape index (κ3) is 11.3. The van der Waals surface area contributed by atoms with Gasteiger partial charge in [0.05, 0.1) is 17.3 Å². The lowest BCUT2D eigenvalue weighted by atomic mass is 9.70. The highest BCUT2D eigenvalue weighted by Crippen LogP contribution is 2.40. The summed E-state index contributed by atoms with van der Waals surface area (Å²) in [5.41, 5.74) is -2.04. The van der Waals surface area contributed by atoms with E-state index in [2.05, 4.69) is 21.3 Å². The maximum absolute atomic E-state index is 14.5. The molecule has 0 aromatic carbocycles. The third-order valence-electron chi connectivity index (χ3n) is 11.2. The number of nitrogens with one attached hydrogen (secondary N) is 4. The minimum atomic E-state index is -4.74. The molecule has 0 unspecified atom stereocenters. The van der Waals surface area contributed by atoms with Gasteiger partial charge in [-0.3, -0.25) is 19.2 Å². The molecule has 4 rings (SSSR count). The summed E-state index contributed by atoms with van der Waals surface area (Å²) in [6, 6.07) is -3.90. The molecule has 296 valence electrons. The molecular formula is C35H57F3N6O7S. The second kappa shape index (κ2) is 17.5. The van der Waals surface area contributed by atoms with Gasteiger partial charge in [-0.15, -0.1) is 0 Å². The van der Waals surface area contributed by atoms with E-state index >= 15 is 0 Å². The molecule has 3 atom stereocenters. The largest absolute Gasteiger partial charge is 0.402 e. The number of hydrogen-bond donors (Lipinski definition) is 4. The molecule has 0 aromatic heterocycles. The molecule has 4 fully saturated rings. The molecule has 3 saturated carbocycles. The van der Waals surface area contributed by atoms with Crippen LogP contribution in [-0.2, 0) is 29.2 Å². The molecule has 0 spiro atoms. The zero-order valence-electron chi connectivity index (χ0n) is 30.7. The van der Waals surface area contributed by atoms with Crippen LogP contribution in [0, 0.1) is 5.41 Å². The van der Waals surface area contributed by atoms with Crippen molar-refractivity contribution >= 4 is 39.6 Å². The van der Waals surface area contributed by atoms with E-state index in [1.54, 1.807) is 0 Å². The van der Waals surface area contributed by atoms with Gasteiger partial charge in [-0.2, -0.15) is 17.5 Å². The number of Topliss-reactive ketones (excluding diaryl/α,β-unsaturated/α-hetero) is 1. The zero-order valence-corrected chi connectivity index (χ0v) is 31.6. The van der Waals surface area contributed by atoms with Gasteiger partial charge in [0.15, 0.2) is 0 Å². The Morgan fingerprint density at radius 3 is 2.10 bits per heavy atom. The van der Waals surface area contributed by atoms with Gasteiger partial charge in [0, 0.05) is 19.6 Å². The molecule has 4 N–H and O–H groups in total. The summed E-state index contributed by atoms with van der Waals surface area (Å²) in [7, 11) is -3.57. The van der Waals surface area contributed by atoms with Crippen LogP contribution in [0.15, 0.2) is 0 Å². The molecule has 0 radical (unpaired) electrons. The summed E-state index contributed by atoms with van der Waals surface area (Å²) in [5.74, 6) is -3.21. The molecule has 13 nitrogen and oxygen atoms in total. The first kappa shape index (κ1) is 41.8. The number of nitrogens with zero attached hydrogens (tertiary/aromatic N) is 2. The fourth-order valence-electron chi connectivity index (χ4n) is 7.99. The highest BCUT2D eigenvalue weighted by atomic mass is 32.2. The molecule has 1 aliphatic heterocycles. The topological polar surface area (TPSA) is 174 Å². The Hall–Kier alpha value is -2.95. The van der Waals surface area contributed by atoms with Crippen LogP contribution in [0.3, 0.4) is 0 Å². The SMILES string of the molecule is CCCC[C@H](NC(=O)[C@@H]1CCCN1C(=O)[C@@H](NC(=O)NC1(CS(=O)(=O)N(C)CC(F)(F)F)CCCCC1)C1(C)CCCCC1)C(=O)C(=O)NC1CC1. The number of rotatable bonds is 16. The minimum Gasteiger partial charge on any atom is -0.347 e. The molecule has 5 amide bonds. The summed E-state index contributed by atoms with van der Waals surface area (Å²) < 4.78 is 65.9. The van der Waals surface area contributed by atoms with E-state index in [0.29, 0.717) is 44.9 Å². The predicted molar refractivity (Wildman–Crippen MR) is 187 cm³/mol. The maximum Gasteiger partial charge on any atom is 0.402 e. The summed E-state index contributed by atoms with van der Waals surface area (Å²) in [5, 5.41) is 11.1. The van der Waals surface area contributed by atoms with Crippen molar-refractivity contribution in [3.05, 3.63) is 0 Å². The van der Waals surface area contributed by atoms with Crippen molar-refractivity contribution in [1.82, 2.24) is 30.5 Å². The zero-order chi connectivity index (χ0) is 38.3. The van der Waals surface area contributed by atoms with E-state index in [0.717, 1.165) is 52.0 Å². The first-order chi connectivity index (χ1) is 24.4. The van der Waals surface area contributed by atoms with Crippen molar-refractivity contribution < 1.29 is 45.6 Å². The van der Waals surface area contributed by atoms with E-state index in [1.165, 1.54) is 4.90 Å². The summed E-state index contributed by atoms with van der Waals surface area (Å²) >= 11 is 0. The van der Waals surface area contributed by atoms with E-state index in [4.69, 9.17) is 0 Å². The molecule has 3 aliphatic carbocycles. The summed E-state index contributed by atoms with van der Waals surface area (Å²) in [4.78, 5) is 69.2. The Morgan fingerprint density at radius 1 is 0.904 bits per heavy atom. The highest BCUT2D eigenvalue weighted by molar-refractivity contribution is 7.89. The fourth-order valence-corrected chi connectivity index (χ4v) is 9.61. The van der Waals surface area contributed by atoms with Gasteiger partial charge in [0.25, 0.3) is 5.91 Å². The van der Waals surface area contributed by atoms with Crippen molar-refractivity contribution in [3.8, 4) is 0 Å². The van der Waals surface area contributed by atoms with E-state index in [-0.39, 0.29) is 36.2 Å². The summed E-state index contributed by atoms with van der Waals surface area (Å²) in [6.07, 6.45) is 5.46. The second-order valence-corrected chi connectivity index (χ2v) is 17.8. The molecule has 1 saturated heterocycles.